The van der Waals surface area contributed by atoms with Crippen molar-refractivity contribution < 1.29 is 13.6 Å². The Morgan fingerprint density at radius 3 is 2.07 bits per heavy atom. The molecule has 0 aliphatic rings. The highest BCUT2D eigenvalue weighted by atomic mass is 35.5. The highest BCUT2D eigenvalue weighted by Crippen LogP contribution is 2.30. The van der Waals surface area contributed by atoms with Gasteiger partial charge in [-0.25, -0.2) is 8.78 Å². The standard InChI is InChI=1S/C23H31F2NO.ClH/c1-5-6-7-14-26(27-4)16-19(23-17(2)10-8-11-18(23)3)15-20-21(24)12-9-13-22(20)25;/h8-13,19H,5-7,14-16H2,1-4H3;1H. The van der Waals surface area contributed by atoms with E-state index in [0.29, 0.717) is 13.0 Å². The number of hydrogen-bond acceptors (Lipinski definition) is 2. The van der Waals surface area contributed by atoms with Crippen LogP contribution >= 0.6 is 12.4 Å². The van der Waals surface area contributed by atoms with Gasteiger partial charge in [0.15, 0.2) is 0 Å². The van der Waals surface area contributed by atoms with Gasteiger partial charge in [-0.1, -0.05) is 44.0 Å². The largest absolute Gasteiger partial charge is 0.302 e. The molecule has 0 aliphatic heterocycles. The van der Waals surface area contributed by atoms with E-state index in [9.17, 15) is 8.78 Å². The van der Waals surface area contributed by atoms with Crippen LogP contribution in [0.4, 0.5) is 8.78 Å². The SMILES string of the molecule is CCCCCN(CC(Cc1c(F)cccc1F)c1c(C)cccc1C)OC.Cl. The van der Waals surface area contributed by atoms with Crippen molar-refractivity contribution in [3.8, 4) is 0 Å². The molecular weight excluding hydrogens is 380 g/mol. The molecule has 0 radical (unpaired) electrons. The fourth-order valence-electron chi connectivity index (χ4n) is 3.74. The van der Waals surface area contributed by atoms with E-state index in [0.717, 1.165) is 42.5 Å². The zero-order valence-corrected chi connectivity index (χ0v) is 18.1. The lowest BCUT2D eigenvalue weighted by Gasteiger charge is -2.28. The Balaban J connectivity index is 0.00000392. The van der Waals surface area contributed by atoms with Gasteiger partial charge in [-0.15, -0.1) is 12.4 Å². The van der Waals surface area contributed by atoms with Gasteiger partial charge in [-0.3, -0.25) is 0 Å². The van der Waals surface area contributed by atoms with Crippen molar-refractivity contribution >= 4 is 12.4 Å². The molecule has 2 aromatic rings. The monoisotopic (exact) mass is 411 g/mol. The van der Waals surface area contributed by atoms with Crippen molar-refractivity contribution in [3.63, 3.8) is 0 Å². The second-order valence-electron chi connectivity index (χ2n) is 7.18. The van der Waals surface area contributed by atoms with Crippen LogP contribution in [0.15, 0.2) is 36.4 Å². The molecule has 1 atom stereocenters. The van der Waals surface area contributed by atoms with Crippen molar-refractivity contribution in [1.82, 2.24) is 5.06 Å². The van der Waals surface area contributed by atoms with Gasteiger partial charge in [0.05, 0.1) is 7.11 Å². The summed E-state index contributed by atoms with van der Waals surface area (Å²) in [5.41, 5.74) is 3.58. The van der Waals surface area contributed by atoms with Gasteiger partial charge in [0.25, 0.3) is 0 Å². The molecule has 0 amide bonds. The molecule has 2 rings (SSSR count). The number of unbranched alkanes of at least 4 members (excludes halogenated alkanes) is 2. The van der Waals surface area contributed by atoms with Gasteiger partial charge in [-0.05, 0) is 55.5 Å². The third kappa shape index (κ3) is 6.54. The normalized spacial score (nSPS) is 12.1. The Bertz CT molecular complexity index is 698. The predicted molar refractivity (Wildman–Crippen MR) is 114 cm³/mol. The Labute approximate surface area is 174 Å². The number of halogens is 3. The van der Waals surface area contributed by atoms with Gasteiger partial charge in [0.1, 0.15) is 11.6 Å². The second-order valence-corrected chi connectivity index (χ2v) is 7.18. The van der Waals surface area contributed by atoms with Crippen LogP contribution in [0.25, 0.3) is 0 Å². The van der Waals surface area contributed by atoms with Crippen molar-refractivity contribution in [2.75, 3.05) is 20.2 Å². The smallest absolute Gasteiger partial charge is 0.129 e. The van der Waals surface area contributed by atoms with Gasteiger partial charge >= 0.3 is 0 Å². The molecule has 1 unspecified atom stereocenters. The Morgan fingerprint density at radius 1 is 0.964 bits per heavy atom. The highest BCUT2D eigenvalue weighted by molar-refractivity contribution is 5.85. The highest BCUT2D eigenvalue weighted by Gasteiger charge is 2.23. The molecule has 0 N–H and O–H groups in total. The molecular formula is C23H32ClF2NO. The molecule has 0 aromatic heterocycles. The van der Waals surface area contributed by atoms with Crippen LogP contribution < -0.4 is 0 Å². The van der Waals surface area contributed by atoms with Crippen molar-refractivity contribution in [2.45, 2.75) is 52.4 Å². The first-order chi connectivity index (χ1) is 13.0. The van der Waals surface area contributed by atoms with Crippen LogP contribution in [-0.2, 0) is 11.3 Å². The van der Waals surface area contributed by atoms with Gasteiger partial charge in [0.2, 0.25) is 0 Å². The van der Waals surface area contributed by atoms with E-state index in [1.54, 1.807) is 7.11 Å². The maximum atomic E-state index is 14.3. The van der Waals surface area contributed by atoms with Crippen molar-refractivity contribution in [3.05, 3.63) is 70.3 Å². The van der Waals surface area contributed by atoms with E-state index < -0.39 is 11.6 Å². The summed E-state index contributed by atoms with van der Waals surface area (Å²) in [6, 6.07) is 10.2. The Kier molecular flexibility index (Phi) is 10.7. The summed E-state index contributed by atoms with van der Waals surface area (Å²) in [4.78, 5) is 5.57. The number of aryl methyl sites for hydroxylation is 2. The molecule has 0 heterocycles. The number of hydroxylamine groups is 2. The molecule has 2 aromatic carbocycles. The first-order valence-electron chi connectivity index (χ1n) is 9.76. The van der Waals surface area contributed by atoms with E-state index in [2.05, 4.69) is 32.9 Å². The summed E-state index contributed by atoms with van der Waals surface area (Å²) in [5.74, 6) is -1.03. The van der Waals surface area contributed by atoms with Gasteiger partial charge < -0.3 is 4.84 Å². The zero-order chi connectivity index (χ0) is 19.8. The summed E-state index contributed by atoms with van der Waals surface area (Å²) in [6.07, 6.45) is 3.61. The fourth-order valence-corrected chi connectivity index (χ4v) is 3.74. The van der Waals surface area contributed by atoms with E-state index in [1.807, 2.05) is 11.1 Å². The average molecular weight is 412 g/mol. The molecule has 0 aliphatic carbocycles. The fraction of sp³-hybridized carbons (Fsp3) is 0.478. The third-order valence-corrected chi connectivity index (χ3v) is 5.16. The summed E-state index contributed by atoms with van der Waals surface area (Å²) in [5, 5.41) is 1.92. The maximum Gasteiger partial charge on any atom is 0.129 e. The van der Waals surface area contributed by atoms with Crippen LogP contribution in [0.1, 0.15) is 54.4 Å². The summed E-state index contributed by atoms with van der Waals surface area (Å²) < 4.78 is 28.6. The molecule has 0 fully saturated rings. The van der Waals surface area contributed by atoms with Crippen LogP contribution in [0, 0.1) is 25.5 Å². The minimum Gasteiger partial charge on any atom is -0.302 e. The lowest BCUT2D eigenvalue weighted by atomic mass is 9.85. The third-order valence-electron chi connectivity index (χ3n) is 5.16. The molecule has 28 heavy (non-hydrogen) atoms. The molecule has 0 bridgehead atoms. The quantitative estimate of drug-likeness (QED) is 0.332. The summed E-state index contributed by atoms with van der Waals surface area (Å²) >= 11 is 0. The lowest BCUT2D eigenvalue weighted by molar-refractivity contribution is -0.135. The molecule has 2 nitrogen and oxygen atoms in total. The van der Waals surface area contributed by atoms with Crippen LogP contribution in [0.5, 0.6) is 0 Å². The summed E-state index contributed by atoms with van der Waals surface area (Å²) in [6.45, 7) is 7.69. The Hall–Kier alpha value is -1.49. The molecule has 0 spiro atoms. The minimum atomic E-state index is -0.485. The average Bonchev–Trinajstić information content (AvgIpc) is 2.63. The second kappa shape index (κ2) is 12.2. The van der Waals surface area contributed by atoms with Gasteiger partial charge in [-0.2, -0.15) is 5.06 Å². The van der Waals surface area contributed by atoms with E-state index in [-0.39, 0.29) is 23.9 Å². The number of rotatable bonds is 10. The van der Waals surface area contributed by atoms with Crippen LogP contribution in [-0.4, -0.2) is 25.3 Å². The minimum absolute atomic E-state index is 0. The molecule has 0 saturated carbocycles. The maximum absolute atomic E-state index is 14.3. The van der Waals surface area contributed by atoms with Crippen molar-refractivity contribution in [1.29, 1.82) is 0 Å². The van der Waals surface area contributed by atoms with Crippen molar-refractivity contribution in [2.24, 2.45) is 0 Å². The predicted octanol–water partition coefficient (Wildman–Crippen LogP) is 6.38. The van der Waals surface area contributed by atoms with Gasteiger partial charge in [0, 0.05) is 24.6 Å². The molecule has 0 saturated heterocycles. The first-order valence-corrected chi connectivity index (χ1v) is 9.76. The van der Waals surface area contributed by atoms with E-state index in [1.165, 1.54) is 18.2 Å². The van der Waals surface area contributed by atoms with Crippen LogP contribution in [0.2, 0.25) is 0 Å². The topological polar surface area (TPSA) is 12.5 Å². The molecule has 5 heteroatoms. The van der Waals surface area contributed by atoms with Crippen LogP contribution in [0.3, 0.4) is 0 Å². The lowest BCUT2D eigenvalue weighted by Crippen LogP contribution is -2.30. The first kappa shape index (κ1) is 24.5. The zero-order valence-electron chi connectivity index (χ0n) is 17.3. The Morgan fingerprint density at radius 2 is 1.54 bits per heavy atom. The number of benzene rings is 2. The van der Waals surface area contributed by atoms with E-state index >= 15 is 0 Å². The summed E-state index contributed by atoms with van der Waals surface area (Å²) in [7, 11) is 1.66. The molecule has 156 valence electrons. The van der Waals surface area contributed by atoms with E-state index in [4.69, 9.17) is 4.84 Å². The number of hydrogen-bond donors (Lipinski definition) is 0. The number of nitrogens with zero attached hydrogens (tertiary/aromatic N) is 1.